The number of aromatic amines is 1. The van der Waals surface area contributed by atoms with Gasteiger partial charge < -0.3 is 5.32 Å². The zero-order valence-electron chi connectivity index (χ0n) is 12.7. The fraction of sp³-hybridized carbons (Fsp3) is 0. The van der Waals surface area contributed by atoms with Gasteiger partial charge in [0, 0.05) is 12.3 Å². The van der Waals surface area contributed by atoms with Gasteiger partial charge in [-0.25, -0.2) is 23.4 Å². The van der Waals surface area contributed by atoms with Crippen LogP contribution in [0.5, 0.6) is 0 Å². The molecule has 0 atom stereocenters. The first-order valence-corrected chi connectivity index (χ1v) is 7.36. The number of pyridine rings is 2. The van der Waals surface area contributed by atoms with Crippen LogP contribution >= 0.6 is 0 Å². The summed E-state index contributed by atoms with van der Waals surface area (Å²) in [4.78, 5) is 20.1. The molecule has 0 amide bonds. The third kappa shape index (κ3) is 2.74. The number of fused-ring (bicyclic) bond motifs is 1. The normalized spacial score (nSPS) is 11.0. The standard InChI is InChI=1S/C17H11F2N5O/c18-10-5-6-15(20-8-10)22-16-7-14-11(9-21-16)17(25)23-24(14)13-4-2-1-3-12(13)19/h1-9H,(H,23,25)(H,20,21,22). The Labute approximate surface area is 139 Å². The Morgan fingerprint density at radius 1 is 1.00 bits per heavy atom. The third-order valence-corrected chi connectivity index (χ3v) is 3.66. The summed E-state index contributed by atoms with van der Waals surface area (Å²) in [6.45, 7) is 0. The van der Waals surface area contributed by atoms with E-state index in [0.717, 1.165) is 6.20 Å². The van der Waals surface area contributed by atoms with Crippen LogP contribution in [-0.4, -0.2) is 19.7 Å². The number of halogens is 2. The van der Waals surface area contributed by atoms with Crippen molar-refractivity contribution in [3.05, 3.63) is 76.8 Å². The van der Waals surface area contributed by atoms with Crippen LogP contribution in [0.1, 0.15) is 0 Å². The molecule has 3 heterocycles. The quantitative estimate of drug-likeness (QED) is 0.601. The second-order valence-electron chi connectivity index (χ2n) is 5.30. The predicted molar refractivity (Wildman–Crippen MR) is 89.1 cm³/mol. The van der Waals surface area contributed by atoms with E-state index in [9.17, 15) is 13.6 Å². The average Bonchev–Trinajstić information content (AvgIpc) is 2.94. The number of aromatic nitrogens is 4. The average molecular weight is 339 g/mol. The van der Waals surface area contributed by atoms with Crippen LogP contribution in [0, 0.1) is 11.6 Å². The molecule has 124 valence electrons. The number of hydrogen-bond acceptors (Lipinski definition) is 4. The smallest absolute Gasteiger partial charge is 0.273 e. The van der Waals surface area contributed by atoms with Gasteiger partial charge in [-0.2, -0.15) is 0 Å². The first-order valence-electron chi connectivity index (χ1n) is 7.36. The van der Waals surface area contributed by atoms with Crippen LogP contribution in [-0.2, 0) is 0 Å². The molecule has 0 aliphatic rings. The van der Waals surface area contributed by atoms with Crippen molar-refractivity contribution in [2.24, 2.45) is 0 Å². The third-order valence-electron chi connectivity index (χ3n) is 3.66. The van der Waals surface area contributed by atoms with Crippen molar-refractivity contribution in [2.45, 2.75) is 0 Å². The highest BCUT2D eigenvalue weighted by Crippen LogP contribution is 2.21. The fourth-order valence-corrected chi connectivity index (χ4v) is 2.50. The SMILES string of the molecule is O=c1[nH]n(-c2ccccc2F)c2cc(Nc3ccc(F)cn3)ncc12. The van der Waals surface area contributed by atoms with Crippen LogP contribution in [0.25, 0.3) is 16.6 Å². The van der Waals surface area contributed by atoms with E-state index in [0.29, 0.717) is 22.5 Å². The number of rotatable bonds is 3. The van der Waals surface area contributed by atoms with Crippen molar-refractivity contribution in [1.29, 1.82) is 0 Å². The maximum Gasteiger partial charge on any atom is 0.273 e. The maximum atomic E-state index is 14.1. The molecule has 0 spiro atoms. The van der Waals surface area contributed by atoms with Gasteiger partial charge in [0.25, 0.3) is 5.56 Å². The summed E-state index contributed by atoms with van der Waals surface area (Å²) in [7, 11) is 0. The molecule has 0 unspecified atom stereocenters. The summed E-state index contributed by atoms with van der Waals surface area (Å²) in [6.07, 6.45) is 2.46. The van der Waals surface area contributed by atoms with Crippen molar-refractivity contribution in [1.82, 2.24) is 19.7 Å². The number of H-pyrrole nitrogens is 1. The lowest BCUT2D eigenvalue weighted by Gasteiger charge is -2.07. The van der Waals surface area contributed by atoms with E-state index in [1.54, 1.807) is 24.3 Å². The van der Waals surface area contributed by atoms with Gasteiger partial charge in [-0.1, -0.05) is 12.1 Å². The largest absolute Gasteiger partial charge is 0.325 e. The Morgan fingerprint density at radius 2 is 1.80 bits per heavy atom. The minimum Gasteiger partial charge on any atom is -0.325 e. The van der Waals surface area contributed by atoms with Crippen LogP contribution in [0.4, 0.5) is 20.4 Å². The summed E-state index contributed by atoms with van der Waals surface area (Å²) >= 11 is 0. The Kier molecular flexibility index (Phi) is 3.50. The van der Waals surface area contributed by atoms with E-state index in [1.807, 2.05) is 0 Å². The Bertz CT molecular complexity index is 1120. The molecule has 1 aromatic carbocycles. The van der Waals surface area contributed by atoms with Crippen molar-refractivity contribution in [3.63, 3.8) is 0 Å². The lowest BCUT2D eigenvalue weighted by Crippen LogP contribution is -2.05. The molecule has 0 saturated carbocycles. The van der Waals surface area contributed by atoms with Gasteiger partial charge in [-0.3, -0.25) is 9.89 Å². The summed E-state index contributed by atoms with van der Waals surface area (Å²) in [5.74, 6) is -0.144. The van der Waals surface area contributed by atoms with E-state index in [4.69, 9.17) is 0 Å². The lowest BCUT2D eigenvalue weighted by atomic mass is 10.3. The molecule has 8 heteroatoms. The predicted octanol–water partition coefficient (Wildman–Crippen LogP) is 3.13. The number of benzene rings is 1. The number of para-hydroxylation sites is 1. The molecule has 0 radical (unpaired) electrons. The monoisotopic (exact) mass is 339 g/mol. The van der Waals surface area contributed by atoms with Crippen molar-refractivity contribution >= 4 is 22.5 Å². The zero-order valence-corrected chi connectivity index (χ0v) is 12.7. The molecule has 2 N–H and O–H groups in total. The highest BCUT2D eigenvalue weighted by Gasteiger charge is 2.12. The molecular weight excluding hydrogens is 328 g/mol. The van der Waals surface area contributed by atoms with Crippen LogP contribution in [0.3, 0.4) is 0 Å². The summed E-state index contributed by atoms with van der Waals surface area (Å²) in [6, 6.07) is 10.4. The van der Waals surface area contributed by atoms with Crippen LogP contribution in [0.2, 0.25) is 0 Å². The number of anilines is 2. The van der Waals surface area contributed by atoms with Crippen LogP contribution < -0.4 is 10.9 Å². The second-order valence-corrected chi connectivity index (χ2v) is 5.30. The first kappa shape index (κ1) is 15.0. The van der Waals surface area contributed by atoms with Gasteiger partial charge >= 0.3 is 0 Å². The zero-order chi connectivity index (χ0) is 17.4. The van der Waals surface area contributed by atoms with E-state index >= 15 is 0 Å². The molecular formula is C17H11F2N5O. The van der Waals surface area contributed by atoms with E-state index in [1.165, 1.54) is 29.1 Å². The molecule has 4 rings (SSSR count). The van der Waals surface area contributed by atoms with E-state index in [2.05, 4.69) is 20.4 Å². The molecule has 25 heavy (non-hydrogen) atoms. The summed E-state index contributed by atoms with van der Waals surface area (Å²) in [5.41, 5.74) is 0.290. The molecule has 0 bridgehead atoms. The topological polar surface area (TPSA) is 75.6 Å². The molecule has 0 fully saturated rings. The van der Waals surface area contributed by atoms with Gasteiger partial charge in [-0.05, 0) is 24.3 Å². The maximum absolute atomic E-state index is 14.1. The number of hydrogen-bond donors (Lipinski definition) is 2. The minimum absolute atomic E-state index is 0.214. The van der Waals surface area contributed by atoms with Gasteiger partial charge in [0.1, 0.15) is 23.3 Å². The highest BCUT2D eigenvalue weighted by atomic mass is 19.1. The Balaban J connectivity index is 1.82. The van der Waals surface area contributed by atoms with Gasteiger partial charge in [0.05, 0.1) is 22.8 Å². The van der Waals surface area contributed by atoms with Crippen molar-refractivity contribution in [3.8, 4) is 5.69 Å². The molecule has 3 aromatic heterocycles. The molecule has 4 aromatic rings. The van der Waals surface area contributed by atoms with Gasteiger partial charge in [0.15, 0.2) is 0 Å². The van der Waals surface area contributed by atoms with E-state index < -0.39 is 11.6 Å². The highest BCUT2D eigenvalue weighted by molar-refractivity contribution is 5.82. The number of nitrogens with one attached hydrogen (secondary N) is 2. The van der Waals surface area contributed by atoms with Gasteiger partial charge in [0.2, 0.25) is 0 Å². The molecule has 6 nitrogen and oxygen atoms in total. The second kappa shape index (κ2) is 5.82. The fourth-order valence-electron chi connectivity index (χ4n) is 2.50. The first-order chi connectivity index (χ1) is 12.1. The summed E-state index contributed by atoms with van der Waals surface area (Å²) < 4.78 is 28.4. The minimum atomic E-state index is -0.470. The molecule has 0 aliphatic heterocycles. The van der Waals surface area contributed by atoms with E-state index in [-0.39, 0.29) is 11.2 Å². The Morgan fingerprint density at radius 3 is 2.56 bits per heavy atom. The molecule has 0 aliphatic carbocycles. The van der Waals surface area contributed by atoms with Crippen molar-refractivity contribution in [2.75, 3.05) is 5.32 Å². The number of nitrogens with zero attached hydrogens (tertiary/aromatic N) is 3. The molecule has 0 saturated heterocycles. The van der Waals surface area contributed by atoms with Crippen LogP contribution in [0.15, 0.2) is 59.7 Å². The van der Waals surface area contributed by atoms with Gasteiger partial charge in [-0.15, -0.1) is 0 Å². The Hall–Kier alpha value is -3.55. The lowest BCUT2D eigenvalue weighted by molar-refractivity contribution is 0.612. The summed E-state index contributed by atoms with van der Waals surface area (Å²) in [5, 5.41) is 5.83. The van der Waals surface area contributed by atoms with Crippen molar-refractivity contribution < 1.29 is 8.78 Å².